The summed E-state index contributed by atoms with van der Waals surface area (Å²) in [5.41, 5.74) is 0.738. The number of carbonyl (C=O) groups excluding carboxylic acids is 1. The lowest BCUT2D eigenvalue weighted by Gasteiger charge is -2.24. The Hall–Kier alpha value is -2.14. The highest BCUT2D eigenvalue weighted by atomic mass is 127. The van der Waals surface area contributed by atoms with Crippen molar-refractivity contribution in [1.82, 2.24) is 0 Å². The van der Waals surface area contributed by atoms with E-state index in [1.54, 1.807) is 24.3 Å². The summed E-state index contributed by atoms with van der Waals surface area (Å²) in [6.45, 7) is 0.645. The molecule has 2 N–H and O–H groups in total. The van der Waals surface area contributed by atoms with E-state index in [4.69, 9.17) is 5.11 Å². The molecule has 0 radical (unpaired) electrons. The van der Waals surface area contributed by atoms with Gasteiger partial charge in [-0.25, -0.2) is 8.42 Å². The number of hydrogen-bond donors (Lipinski definition) is 2. The predicted molar refractivity (Wildman–Crippen MR) is 102 cm³/mol. The van der Waals surface area contributed by atoms with E-state index >= 15 is 0 Å². The Labute approximate surface area is 158 Å². The Balaban J connectivity index is 2.46. The molecule has 0 bridgehead atoms. The number of sulfonamides is 1. The molecule has 2 aromatic rings. The zero-order valence-electron chi connectivity index (χ0n) is 13.1. The van der Waals surface area contributed by atoms with Crippen molar-refractivity contribution in [3.8, 4) is 0 Å². The average molecular weight is 474 g/mol. The van der Waals surface area contributed by atoms with Gasteiger partial charge < -0.3 is 10.4 Å². The summed E-state index contributed by atoms with van der Waals surface area (Å²) >= 11 is 1.95. The number of carboxylic acid groups (broad SMARTS) is 1. The Morgan fingerprint density at radius 1 is 1.12 bits per heavy atom. The molecule has 0 saturated heterocycles. The second-order valence-corrected chi connectivity index (χ2v) is 8.09. The van der Waals surface area contributed by atoms with E-state index in [1.165, 1.54) is 31.2 Å². The van der Waals surface area contributed by atoms with Gasteiger partial charge in [-0.2, -0.15) is 0 Å². The number of hydrogen-bond acceptors (Lipinski definition) is 4. The minimum atomic E-state index is -4.08. The zero-order chi connectivity index (χ0) is 18.6. The monoisotopic (exact) mass is 474 g/mol. The first-order valence-corrected chi connectivity index (χ1v) is 9.60. The van der Waals surface area contributed by atoms with Gasteiger partial charge in [-0.1, -0.05) is 12.1 Å². The minimum Gasteiger partial charge on any atom is -0.480 e. The largest absolute Gasteiger partial charge is 0.480 e. The van der Waals surface area contributed by atoms with Gasteiger partial charge in [0.05, 0.1) is 10.6 Å². The van der Waals surface area contributed by atoms with Gasteiger partial charge in [0.15, 0.2) is 0 Å². The number of aliphatic carboxylic acids is 1. The van der Waals surface area contributed by atoms with Crippen LogP contribution in [0.5, 0.6) is 0 Å². The highest BCUT2D eigenvalue weighted by molar-refractivity contribution is 14.1. The third kappa shape index (κ3) is 4.69. The molecule has 1 amide bonds. The lowest BCUT2D eigenvalue weighted by Crippen LogP contribution is -2.36. The molecule has 0 fully saturated rings. The van der Waals surface area contributed by atoms with E-state index in [9.17, 15) is 18.0 Å². The van der Waals surface area contributed by atoms with Gasteiger partial charge >= 0.3 is 5.97 Å². The molecule has 0 aromatic heterocycles. The molecule has 9 heteroatoms. The summed E-state index contributed by atoms with van der Waals surface area (Å²) < 4.78 is 27.3. The van der Waals surface area contributed by atoms with Crippen molar-refractivity contribution < 1.29 is 23.1 Å². The van der Waals surface area contributed by atoms with Crippen LogP contribution in [0.2, 0.25) is 0 Å². The van der Waals surface area contributed by atoms with E-state index < -0.39 is 22.5 Å². The van der Waals surface area contributed by atoms with Gasteiger partial charge in [0.25, 0.3) is 10.0 Å². The Morgan fingerprint density at radius 2 is 1.72 bits per heavy atom. The zero-order valence-corrected chi connectivity index (χ0v) is 16.1. The van der Waals surface area contributed by atoms with Crippen LogP contribution in [0.15, 0.2) is 53.4 Å². The van der Waals surface area contributed by atoms with Crippen molar-refractivity contribution in [3.63, 3.8) is 0 Å². The number of benzene rings is 2. The van der Waals surface area contributed by atoms with Crippen LogP contribution in [0.1, 0.15) is 6.92 Å². The third-order valence-corrected chi connectivity index (χ3v) is 5.85. The van der Waals surface area contributed by atoms with Crippen LogP contribution in [-0.2, 0) is 19.6 Å². The summed E-state index contributed by atoms with van der Waals surface area (Å²) in [5, 5.41) is 11.7. The van der Waals surface area contributed by atoms with E-state index in [0.717, 1.165) is 4.31 Å². The number of carboxylic acids is 1. The molecule has 0 heterocycles. The van der Waals surface area contributed by atoms with Gasteiger partial charge in [0, 0.05) is 16.2 Å². The first-order chi connectivity index (χ1) is 11.7. The summed E-state index contributed by atoms with van der Waals surface area (Å²) in [7, 11) is -4.08. The first-order valence-electron chi connectivity index (χ1n) is 7.08. The first kappa shape index (κ1) is 19.2. The van der Waals surface area contributed by atoms with Crippen molar-refractivity contribution in [1.29, 1.82) is 0 Å². The standard InChI is InChI=1S/C16H15IN2O5S/c1-11(20)18-12-6-8-13(9-7-12)25(23,24)19(10-16(21)22)15-5-3-2-4-14(15)17/h2-9H,10H2,1H3,(H,18,20)(H,21,22). The Morgan fingerprint density at radius 3 is 2.24 bits per heavy atom. The molecule has 0 saturated carbocycles. The molecular formula is C16H15IN2O5S. The second kappa shape index (κ2) is 7.83. The predicted octanol–water partition coefficient (Wildman–Crippen LogP) is 2.53. The number of nitrogens with zero attached hydrogens (tertiary/aromatic N) is 1. The van der Waals surface area contributed by atoms with Gasteiger partial charge in [0.2, 0.25) is 5.91 Å². The molecule has 25 heavy (non-hydrogen) atoms. The maximum absolute atomic E-state index is 12.9. The van der Waals surface area contributed by atoms with Gasteiger partial charge in [-0.05, 0) is 59.0 Å². The maximum Gasteiger partial charge on any atom is 0.324 e. The SMILES string of the molecule is CC(=O)Nc1ccc(S(=O)(=O)N(CC(=O)O)c2ccccc2I)cc1. The van der Waals surface area contributed by atoms with Crippen LogP contribution >= 0.6 is 22.6 Å². The highest BCUT2D eigenvalue weighted by Gasteiger charge is 2.28. The number of nitrogens with one attached hydrogen (secondary N) is 1. The maximum atomic E-state index is 12.9. The summed E-state index contributed by atoms with van der Waals surface area (Å²) in [6.07, 6.45) is 0. The summed E-state index contributed by atoms with van der Waals surface area (Å²) in [6, 6.07) is 12.2. The normalized spacial score (nSPS) is 11.0. The molecule has 0 spiro atoms. The lowest BCUT2D eigenvalue weighted by molar-refractivity contribution is -0.135. The summed E-state index contributed by atoms with van der Waals surface area (Å²) in [5.74, 6) is -1.54. The quantitative estimate of drug-likeness (QED) is 0.627. The van der Waals surface area contributed by atoms with Crippen molar-refractivity contribution in [2.45, 2.75) is 11.8 Å². The van der Waals surface area contributed by atoms with Crippen LogP contribution in [0, 0.1) is 3.57 Å². The van der Waals surface area contributed by atoms with E-state index in [0.29, 0.717) is 9.26 Å². The molecule has 0 aliphatic heterocycles. The van der Waals surface area contributed by atoms with Gasteiger partial charge in [-0.15, -0.1) is 0 Å². The van der Waals surface area contributed by atoms with Gasteiger partial charge in [0.1, 0.15) is 6.54 Å². The number of anilines is 2. The third-order valence-electron chi connectivity index (χ3n) is 3.16. The van der Waals surface area contributed by atoms with Crippen molar-refractivity contribution in [3.05, 3.63) is 52.1 Å². The Bertz CT molecular complexity index is 897. The van der Waals surface area contributed by atoms with E-state index in [-0.39, 0.29) is 16.5 Å². The van der Waals surface area contributed by atoms with Crippen LogP contribution < -0.4 is 9.62 Å². The molecule has 0 aliphatic rings. The molecule has 132 valence electrons. The van der Waals surface area contributed by atoms with Crippen LogP contribution in [0.25, 0.3) is 0 Å². The number of para-hydroxylation sites is 1. The molecule has 0 unspecified atom stereocenters. The van der Waals surface area contributed by atoms with Crippen LogP contribution in [0.3, 0.4) is 0 Å². The van der Waals surface area contributed by atoms with Crippen LogP contribution in [0.4, 0.5) is 11.4 Å². The second-order valence-electron chi connectivity index (χ2n) is 5.06. The topological polar surface area (TPSA) is 104 Å². The van der Waals surface area contributed by atoms with E-state index in [1.807, 2.05) is 22.6 Å². The van der Waals surface area contributed by atoms with Gasteiger partial charge in [-0.3, -0.25) is 13.9 Å². The molecule has 2 aromatic carbocycles. The van der Waals surface area contributed by atoms with E-state index in [2.05, 4.69) is 5.32 Å². The van der Waals surface area contributed by atoms with Crippen molar-refractivity contribution in [2.75, 3.05) is 16.2 Å². The average Bonchev–Trinajstić information content (AvgIpc) is 2.53. The fraction of sp³-hybridized carbons (Fsp3) is 0.125. The lowest BCUT2D eigenvalue weighted by atomic mass is 10.3. The molecular weight excluding hydrogens is 459 g/mol. The molecule has 0 aliphatic carbocycles. The fourth-order valence-electron chi connectivity index (χ4n) is 2.12. The minimum absolute atomic E-state index is 0.0671. The smallest absolute Gasteiger partial charge is 0.324 e. The molecule has 0 atom stereocenters. The van der Waals surface area contributed by atoms with Crippen LogP contribution in [-0.4, -0.2) is 31.9 Å². The number of carbonyl (C=O) groups is 2. The number of amides is 1. The highest BCUT2D eigenvalue weighted by Crippen LogP contribution is 2.28. The number of halogens is 1. The van der Waals surface area contributed by atoms with Crippen molar-refractivity contribution >= 4 is 55.9 Å². The fourth-order valence-corrected chi connectivity index (χ4v) is 4.39. The Kier molecular flexibility index (Phi) is 6.01. The molecule has 7 nitrogen and oxygen atoms in total. The summed E-state index contributed by atoms with van der Waals surface area (Å²) in [4.78, 5) is 22.2. The van der Waals surface area contributed by atoms with Crippen molar-refractivity contribution in [2.24, 2.45) is 0 Å². The molecule has 2 rings (SSSR count). The number of rotatable bonds is 6.